The van der Waals surface area contributed by atoms with Crippen molar-refractivity contribution in [2.75, 3.05) is 0 Å². The van der Waals surface area contributed by atoms with Crippen LogP contribution in [0.3, 0.4) is 0 Å². The van der Waals surface area contributed by atoms with E-state index in [2.05, 4.69) is 10.6 Å². The van der Waals surface area contributed by atoms with Crippen molar-refractivity contribution < 1.29 is 28.0 Å². The van der Waals surface area contributed by atoms with E-state index in [1.54, 1.807) is 0 Å². The van der Waals surface area contributed by atoms with Crippen LogP contribution in [0.2, 0.25) is 5.02 Å². The highest BCUT2D eigenvalue weighted by Gasteiger charge is 2.42. The van der Waals surface area contributed by atoms with Crippen molar-refractivity contribution in [2.24, 2.45) is 0 Å². The fourth-order valence-corrected chi connectivity index (χ4v) is 4.20. The first kappa shape index (κ1) is 23.9. The molecule has 2 heterocycles. The molecule has 2 aromatic carbocycles. The van der Waals surface area contributed by atoms with E-state index in [4.69, 9.17) is 27.3 Å². The molecule has 4 rings (SSSR count). The van der Waals surface area contributed by atoms with Crippen molar-refractivity contribution in [3.05, 3.63) is 57.6 Å². The topological polar surface area (TPSA) is 95.6 Å². The van der Waals surface area contributed by atoms with E-state index in [9.17, 15) is 28.0 Å². The van der Waals surface area contributed by atoms with E-state index in [0.29, 0.717) is 5.56 Å². The van der Waals surface area contributed by atoms with Crippen LogP contribution in [0, 0.1) is 0 Å². The summed E-state index contributed by atoms with van der Waals surface area (Å²) < 4.78 is 29.1. The molecule has 170 valence electrons. The standard InChI is InChI=1S/C22H16B2ClF2N3O4/c23-17-10(8-28-21(34)22(26,27)12-1-3-13(25)4-2-12)7-11-9-30(20(33)16(11)18(17)24)14-5-6-15(31)29-19(14)32/h1-4,7,14H,5-6,8-9H2,(H,28,34)(H,29,31,32). The van der Waals surface area contributed by atoms with Crippen LogP contribution in [-0.2, 0) is 33.4 Å². The Balaban J connectivity index is 1.53. The lowest BCUT2D eigenvalue weighted by Gasteiger charge is -2.29. The van der Waals surface area contributed by atoms with E-state index in [1.807, 2.05) is 0 Å². The minimum absolute atomic E-state index is 0.0206. The van der Waals surface area contributed by atoms with Gasteiger partial charge in [0.2, 0.25) is 11.8 Å². The van der Waals surface area contributed by atoms with Crippen LogP contribution in [0.1, 0.15) is 39.9 Å². The summed E-state index contributed by atoms with van der Waals surface area (Å²) >= 11 is 5.71. The number of imide groups is 1. The molecule has 1 fully saturated rings. The number of hydrogen-bond donors (Lipinski definition) is 2. The fourth-order valence-electron chi connectivity index (χ4n) is 4.07. The Labute approximate surface area is 201 Å². The zero-order chi connectivity index (χ0) is 24.8. The molecule has 1 unspecified atom stereocenters. The normalized spacial score (nSPS) is 18.0. The van der Waals surface area contributed by atoms with Gasteiger partial charge >= 0.3 is 5.92 Å². The molecule has 7 nitrogen and oxygen atoms in total. The summed E-state index contributed by atoms with van der Waals surface area (Å²) in [6.45, 7) is -0.343. The quantitative estimate of drug-likeness (QED) is 0.468. The number of nitrogens with zero attached hydrogens (tertiary/aromatic N) is 1. The van der Waals surface area contributed by atoms with Crippen molar-refractivity contribution >= 4 is 61.8 Å². The molecule has 0 bridgehead atoms. The summed E-state index contributed by atoms with van der Waals surface area (Å²) in [5, 5.41) is 4.60. The fraction of sp³-hybridized carbons (Fsp3) is 0.273. The number of piperidine rings is 1. The molecule has 12 heteroatoms. The maximum absolute atomic E-state index is 14.5. The van der Waals surface area contributed by atoms with Crippen LogP contribution in [0.15, 0.2) is 30.3 Å². The molecule has 0 saturated carbocycles. The molecule has 34 heavy (non-hydrogen) atoms. The Morgan fingerprint density at radius 2 is 1.85 bits per heavy atom. The number of nitrogens with one attached hydrogen (secondary N) is 2. The maximum Gasteiger partial charge on any atom is 0.349 e. The molecule has 0 aromatic heterocycles. The number of alkyl halides is 2. The van der Waals surface area contributed by atoms with Crippen molar-refractivity contribution in [3.8, 4) is 0 Å². The van der Waals surface area contributed by atoms with Crippen molar-refractivity contribution in [3.63, 3.8) is 0 Å². The van der Waals surface area contributed by atoms with Gasteiger partial charge in [-0.2, -0.15) is 8.78 Å². The number of carbonyl (C=O) groups is 4. The van der Waals surface area contributed by atoms with Gasteiger partial charge in [0.15, 0.2) is 0 Å². The van der Waals surface area contributed by atoms with E-state index in [-0.39, 0.29) is 53.0 Å². The molecule has 0 aliphatic carbocycles. The Morgan fingerprint density at radius 3 is 2.50 bits per heavy atom. The van der Waals surface area contributed by atoms with Crippen molar-refractivity contribution in [1.82, 2.24) is 15.5 Å². The molecular formula is C22H16B2ClF2N3O4. The second kappa shape index (κ2) is 8.87. The highest BCUT2D eigenvalue weighted by molar-refractivity contribution is 6.51. The largest absolute Gasteiger partial charge is 0.349 e. The summed E-state index contributed by atoms with van der Waals surface area (Å²) in [6.07, 6.45) is 0.260. The molecule has 2 aromatic rings. The third kappa shape index (κ3) is 4.20. The lowest BCUT2D eigenvalue weighted by Crippen LogP contribution is -2.52. The Hall–Kier alpha value is -3.20. The van der Waals surface area contributed by atoms with Gasteiger partial charge in [-0.25, -0.2) is 0 Å². The lowest BCUT2D eigenvalue weighted by atomic mass is 9.73. The Bertz CT molecular complexity index is 1220. The molecule has 4 amide bonds. The molecular weight excluding hydrogens is 465 g/mol. The molecule has 1 saturated heterocycles. The van der Waals surface area contributed by atoms with Gasteiger partial charge in [0.25, 0.3) is 11.8 Å². The van der Waals surface area contributed by atoms with Gasteiger partial charge in [-0.3, -0.25) is 24.5 Å². The average molecular weight is 481 g/mol. The first-order chi connectivity index (χ1) is 16.0. The predicted octanol–water partition coefficient (Wildman–Crippen LogP) is 0.0968. The second-order valence-electron chi connectivity index (χ2n) is 8.06. The van der Waals surface area contributed by atoms with Crippen LogP contribution < -0.4 is 21.6 Å². The molecule has 1 atom stereocenters. The summed E-state index contributed by atoms with van der Waals surface area (Å²) in [5.74, 6) is -6.88. The van der Waals surface area contributed by atoms with Gasteiger partial charge in [-0.1, -0.05) is 40.7 Å². The summed E-state index contributed by atoms with van der Waals surface area (Å²) in [4.78, 5) is 50.1. The second-order valence-corrected chi connectivity index (χ2v) is 8.50. The highest BCUT2D eigenvalue weighted by atomic mass is 35.5. The first-order valence-corrected chi connectivity index (χ1v) is 10.6. The minimum Gasteiger partial charge on any atom is -0.346 e. The summed E-state index contributed by atoms with van der Waals surface area (Å²) in [6, 6.07) is 5.26. The van der Waals surface area contributed by atoms with Crippen molar-refractivity contribution in [1.29, 1.82) is 0 Å². The van der Waals surface area contributed by atoms with Crippen LogP contribution in [0.5, 0.6) is 0 Å². The van der Waals surface area contributed by atoms with Crippen LogP contribution in [-0.4, -0.2) is 50.3 Å². The number of hydrogen-bond acceptors (Lipinski definition) is 4. The minimum atomic E-state index is -3.82. The van der Waals surface area contributed by atoms with Gasteiger partial charge in [0.1, 0.15) is 21.7 Å². The molecule has 2 N–H and O–H groups in total. The van der Waals surface area contributed by atoms with Crippen molar-refractivity contribution in [2.45, 2.75) is 37.9 Å². The highest BCUT2D eigenvalue weighted by Crippen LogP contribution is 2.30. The van der Waals surface area contributed by atoms with Gasteiger partial charge in [-0.15, -0.1) is 0 Å². The van der Waals surface area contributed by atoms with Crippen LogP contribution in [0.4, 0.5) is 8.78 Å². The number of amides is 4. The Kier molecular flexibility index (Phi) is 6.24. The van der Waals surface area contributed by atoms with Crippen LogP contribution >= 0.6 is 11.6 Å². The molecule has 2 aliphatic rings. The van der Waals surface area contributed by atoms with Gasteiger partial charge in [-0.05, 0) is 29.7 Å². The zero-order valence-electron chi connectivity index (χ0n) is 17.7. The summed E-state index contributed by atoms with van der Waals surface area (Å²) in [7, 11) is 12.1. The third-order valence-electron chi connectivity index (χ3n) is 5.91. The molecule has 4 radical (unpaired) electrons. The number of halogens is 3. The number of rotatable bonds is 5. The van der Waals surface area contributed by atoms with E-state index in [1.165, 1.54) is 23.1 Å². The number of benzene rings is 2. The van der Waals surface area contributed by atoms with Crippen LogP contribution in [0.25, 0.3) is 0 Å². The molecule has 2 aliphatic heterocycles. The number of carbonyl (C=O) groups excluding carboxylic acids is 4. The van der Waals surface area contributed by atoms with Gasteiger partial charge < -0.3 is 10.2 Å². The zero-order valence-corrected chi connectivity index (χ0v) is 18.4. The summed E-state index contributed by atoms with van der Waals surface area (Å²) in [5.41, 5.74) is 0.174. The van der Waals surface area contributed by atoms with Gasteiger partial charge in [0, 0.05) is 35.7 Å². The number of fused-ring (bicyclic) bond motifs is 1. The van der Waals surface area contributed by atoms with E-state index >= 15 is 0 Å². The predicted molar refractivity (Wildman–Crippen MR) is 120 cm³/mol. The lowest BCUT2D eigenvalue weighted by molar-refractivity contribution is -0.147. The average Bonchev–Trinajstić information content (AvgIpc) is 3.11. The van der Waals surface area contributed by atoms with E-state index < -0.39 is 41.2 Å². The van der Waals surface area contributed by atoms with E-state index in [0.717, 1.165) is 12.1 Å². The smallest absolute Gasteiger partial charge is 0.346 e. The van der Waals surface area contributed by atoms with Gasteiger partial charge in [0.05, 0.1) is 0 Å². The first-order valence-electron chi connectivity index (χ1n) is 10.3. The molecule has 0 spiro atoms. The Morgan fingerprint density at radius 1 is 1.18 bits per heavy atom. The third-order valence-corrected chi connectivity index (χ3v) is 6.16. The monoisotopic (exact) mass is 481 g/mol. The maximum atomic E-state index is 14.5. The SMILES string of the molecule is [B]c1c(CNC(=O)C(F)(F)c2ccc(Cl)cc2)cc2c(c1[B])C(=O)N(C1CCC(=O)NC1=O)C2.